The number of nitrogens with two attached hydrogens (primary N) is 1. The average molecular weight is 307 g/mol. The van der Waals surface area contributed by atoms with Crippen LogP contribution in [0.4, 0.5) is 5.82 Å². The number of aliphatic hydroxyl groups excluding tert-OH is 2. The molecule has 0 spiro atoms. The minimum atomic E-state index is -1.04. The second-order valence-electron chi connectivity index (χ2n) is 6.10. The highest BCUT2D eigenvalue weighted by atomic mass is 16.6. The van der Waals surface area contributed by atoms with Crippen LogP contribution < -0.4 is 5.73 Å². The monoisotopic (exact) mass is 307 g/mol. The van der Waals surface area contributed by atoms with Gasteiger partial charge in [0.25, 0.3) is 0 Å². The molecular formula is C14H21N5O3. The van der Waals surface area contributed by atoms with Gasteiger partial charge in [0.2, 0.25) is 0 Å². The van der Waals surface area contributed by atoms with Gasteiger partial charge in [-0.1, -0.05) is 13.8 Å². The lowest BCUT2D eigenvalue weighted by molar-refractivity contribution is -0.0381. The Balaban J connectivity index is 1.86. The van der Waals surface area contributed by atoms with E-state index in [1.54, 1.807) is 4.57 Å². The molecule has 4 atom stereocenters. The van der Waals surface area contributed by atoms with Crippen LogP contribution in [0.5, 0.6) is 0 Å². The first kappa shape index (κ1) is 15.1. The molecule has 2 aromatic rings. The molecule has 8 heteroatoms. The Morgan fingerprint density at radius 2 is 2.05 bits per heavy atom. The van der Waals surface area contributed by atoms with Crippen molar-refractivity contribution < 1.29 is 14.9 Å². The van der Waals surface area contributed by atoms with E-state index in [2.05, 4.69) is 28.8 Å². The van der Waals surface area contributed by atoms with Crippen LogP contribution in [-0.4, -0.2) is 48.0 Å². The van der Waals surface area contributed by atoms with E-state index in [9.17, 15) is 10.2 Å². The summed E-state index contributed by atoms with van der Waals surface area (Å²) in [6, 6.07) is 0. The van der Waals surface area contributed by atoms with Gasteiger partial charge in [-0.2, -0.15) is 0 Å². The molecule has 0 aromatic carbocycles. The van der Waals surface area contributed by atoms with Crippen molar-refractivity contribution in [3.63, 3.8) is 0 Å². The minimum absolute atomic E-state index is 0.271. The molecular weight excluding hydrogens is 286 g/mol. The largest absolute Gasteiger partial charge is 0.388 e. The van der Waals surface area contributed by atoms with E-state index in [4.69, 9.17) is 10.5 Å². The van der Waals surface area contributed by atoms with E-state index < -0.39 is 24.5 Å². The number of fused-ring (bicyclic) bond motifs is 1. The van der Waals surface area contributed by atoms with Crippen molar-refractivity contribution in [2.45, 2.75) is 51.2 Å². The molecule has 1 fully saturated rings. The van der Waals surface area contributed by atoms with Crippen LogP contribution >= 0.6 is 0 Å². The Bertz CT molecular complexity index is 659. The van der Waals surface area contributed by atoms with E-state index in [0.717, 1.165) is 6.42 Å². The Hall–Kier alpha value is -1.77. The third-order valence-electron chi connectivity index (χ3n) is 4.03. The van der Waals surface area contributed by atoms with E-state index >= 15 is 0 Å². The molecule has 3 rings (SSSR count). The van der Waals surface area contributed by atoms with Gasteiger partial charge in [-0.15, -0.1) is 0 Å². The summed E-state index contributed by atoms with van der Waals surface area (Å²) in [5.41, 5.74) is 6.70. The number of nitrogens with zero attached hydrogens (tertiary/aromatic N) is 4. The molecule has 0 aliphatic carbocycles. The number of hydrogen-bond acceptors (Lipinski definition) is 7. The Kier molecular flexibility index (Phi) is 3.98. The summed E-state index contributed by atoms with van der Waals surface area (Å²) in [6.45, 7) is 4.22. The van der Waals surface area contributed by atoms with Crippen LogP contribution in [0.2, 0.25) is 0 Å². The van der Waals surface area contributed by atoms with Crippen molar-refractivity contribution >= 4 is 17.0 Å². The lowest BCUT2D eigenvalue weighted by atomic mass is 10.0. The number of anilines is 1. The van der Waals surface area contributed by atoms with Gasteiger partial charge in [-0.25, -0.2) is 15.0 Å². The fraction of sp³-hybridized carbons (Fsp3) is 0.643. The maximum absolute atomic E-state index is 10.3. The molecule has 8 nitrogen and oxygen atoms in total. The molecule has 22 heavy (non-hydrogen) atoms. The van der Waals surface area contributed by atoms with E-state index in [0.29, 0.717) is 23.5 Å². The molecule has 120 valence electrons. The SMILES string of the molecule is CC(C)CC[C@H]1O[C@@H](n2cnc3c(N)ncnc32)[C@H](O)[C@@H]1O. The highest BCUT2D eigenvalue weighted by Gasteiger charge is 2.43. The highest BCUT2D eigenvalue weighted by Crippen LogP contribution is 2.34. The fourth-order valence-corrected chi connectivity index (χ4v) is 2.75. The molecule has 4 N–H and O–H groups in total. The van der Waals surface area contributed by atoms with Crippen LogP contribution in [0, 0.1) is 5.92 Å². The van der Waals surface area contributed by atoms with Crippen LogP contribution in [0.15, 0.2) is 12.7 Å². The predicted molar refractivity (Wildman–Crippen MR) is 79.7 cm³/mol. The summed E-state index contributed by atoms with van der Waals surface area (Å²) in [4.78, 5) is 12.2. The molecule has 0 saturated carbocycles. The predicted octanol–water partition coefficient (Wildman–Crippen LogP) is 0.464. The summed E-state index contributed by atoms with van der Waals surface area (Å²) in [7, 11) is 0. The van der Waals surface area contributed by atoms with Gasteiger partial charge in [-0.05, 0) is 18.8 Å². The summed E-state index contributed by atoms with van der Waals surface area (Å²) in [5, 5.41) is 20.5. The molecule has 0 radical (unpaired) electrons. The van der Waals surface area contributed by atoms with Gasteiger partial charge in [-0.3, -0.25) is 4.57 Å². The van der Waals surface area contributed by atoms with Gasteiger partial charge in [0.05, 0.1) is 12.4 Å². The van der Waals surface area contributed by atoms with Crippen LogP contribution in [-0.2, 0) is 4.74 Å². The summed E-state index contributed by atoms with van der Waals surface area (Å²) in [6.07, 6.45) is 1.35. The Morgan fingerprint density at radius 3 is 2.77 bits per heavy atom. The molecule has 2 aromatic heterocycles. The van der Waals surface area contributed by atoms with Gasteiger partial charge < -0.3 is 20.7 Å². The highest BCUT2D eigenvalue weighted by molar-refractivity contribution is 5.81. The van der Waals surface area contributed by atoms with E-state index in [1.807, 2.05) is 0 Å². The molecule has 1 saturated heterocycles. The smallest absolute Gasteiger partial charge is 0.167 e. The number of ether oxygens (including phenoxy) is 1. The van der Waals surface area contributed by atoms with Gasteiger partial charge in [0, 0.05) is 0 Å². The summed E-state index contributed by atoms with van der Waals surface area (Å²) >= 11 is 0. The van der Waals surface area contributed by atoms with Crippen LogP contribution in [0.1, 0.15) is 32.9 Å². The first-order valence-corrected chi connectivity index (χ1v) is 7.43. The topological polar surface area (TPSA) is 119 Å². The number of rotatable bonds is 4. The zero-order valence-corrected chi connectivity index (χ0v) is 12.6. The van der Waals surface area contributed by atoms with Crippen molar-refractivity contribution in [1.82, 2.24) is 19.5 Å². The summed E-state index contributed by atoms with van der Waals surface area (Å²) in [5.74, 6) is 0.779. The number of hydrogen-bond donors (Lipinski definition) is 3. The van der Waals surface area contributed by atoms with Crippen molar-refractivity contribution in [3.8, 4) is 0 Å². The number of nitrogen functional groups attached to an aromatic ring is 1. The van der Waals surface area contributed by atoms with Crippen molar-refractivity contribution in [1.29, 1.82) is 0 Å². The van der Waals surface area contributed by atoms with Crippen LogP contribution in [0.3, 0.4) is 0 Å². The first-order chi connectivity index (χ1) is 10.5. The molecule has 3 heterocycles. The zero-order chi connectivity index (χ0) is 15.9. The number of aliphatic hydroxyl groups is 2. The lowest BCUT2D eigenvalue weighted by Crippen LogP contribution is -2.31. The van der Waals surface area contributed by atoms with E-state index in [1.165, 1.54) is 12.7 Å². The maximum atomic E-state index is 10.3. The van der Waals surface area contributed by atoms with Crippen molar-refractivity contribution in [2.75, 3.05) is 5.73 Å². The molecule has 1 aliphatic heterocycles. The molecule has 1 aliphatic rings. The Labute approximate surface area is 128 Å². The number of imidazole rings is 1. The zero-order valence-electron chi connectivity index (χ0n) is 12.6. The average Bonchev–Trinajstić information content (AvgIpc) is 3.01. The normalized spacial score (nSPS) is 28.8. The van der Waals surface area contributed by atoms with Gasteiger partial charge in [0.15, 0.2) is 17.7 Å². The van der Waals surface area contributed by atoms with Crippen molar-refractivity contribution in [2.24, 2.45) is 5.92 Å². The second-order valence-corrected chi connectivity index (χ2v) is 6.10. The molecule has 0 amide bonds. The standard InChI is InChI=1S/C14H21N5O3/c1-7(2)3-4-8-10(20)11(21)14(22-8)19-6-18-9-12(15)16-5-17-13(9)19/h5-8,10-11,14,20-21H,3-4H2,1-2H3,(H2,15,16,17)/t8-,10-,11-,14-/m1/s1. The third-order valence-corrected chi connectivity index (χ3v) is 4.03. The summed E-state index contributed by atoms with van der Waals surface area (Å²) < 4.78 is 7.44. The van der Waals surface area contributed by atoms with E-state index in [-0.39, 0.29) is 5.82 Å². The second kappa shape index (κ2) is 5.79. The number of aromatic nitrogens is 4. The Morgan fingerprint density at radius 1 is 1.27 bits per heavy atom. The first-order valence-electron chi connectivity index (χ1n) is 7.43. The minimum Gasteiger partial charge on any atom is -0.388 e. The molecule has 0 unspecified atom stereocenters. The lowest BCUT2D eigenvalue weighted by Gasteiger charge is -2.16. The fourth-order valence-electron chi connectivity index (χ4n) is 2.75. The quantitative estimate of drug-likeness (QED) is 0.750. The maximum Gasteiger partial charge on any atom is 0.167 e. The van der Waals surface area contributed by atoms with Gasteiger partial charge >= 0.3 is 0 Å². The third kappa shape index (κ3) is 2.53. The molecule has 0 bridgehead atoms. The van der Waals surface area contributed by atoms with Gasteiger partial charge in [0.1, 0.15) is 24.1 Å². The van der Waals surface area contributed by atoms with Crippen molar-refractivity contribution in [3.05, 3.63) is 12.7 Å². The van der Waals surface area contributed by atoms with Crippen LogP contribution in [0.25, 0.3) is 11.2 Å².